The standard InChI is InChI=1S/C15H33NO/c1-13(2)14(3)17-12-10-8-7-9-11-16-15(4,5)6/h13-14,16H,7-12H2,1-6H3. The Labute approximate surface area is 109 Å². The molecule has 2 heteroatoms. The van der Waals surface area contributed by atoms with Crippen molar-refractivity contribution in [1.82, 2.24) is 5.32 Å². The van der Waals surface area contributed by atoms with E-state index in [-0.39, 0.29) is 5.54 Å². The van der Waals surface area contributed by atoms with Crippen LogP contribution in [0.1, 0.15) is 67.2 Å². The first-order valence-corrected chi connectivity index (χ1v) is 7.19. The van der Waals surface area contributed by atoms with Crippen LogP contribution in [-0.4, -0.2) is 24.8 Å². The van der Waals surface area contributed by atoms with Crippen LogP contribution in [0, 0.1) is 5.92 Å². The van der Waals surface area contributed by atoms with Crippen LogP contribution in [0.5, 0.6) is 0 Å². The zero-order chi connectivity index (χ0) is 13.3. The van der Waals surface area contributed by atoms with E-state index >= 15 is 0 Å². The molecular formula is C15H33NO. The molecular weight excluding hydrogens is 210 g/mol. The summed E-state index contributed by atoms with van der Waals surface area (Å²) in [6.07, 6.45) is 5.47. The minimum Gasteiger partial charge on any atom is -0.378 e. The molecule has 0 heterocycles. The van der Waals surface area contributed by atoms with Crippen molar-refractivity contribution in [2.75, 3.05) is 13.2 Å². The van der Waals surface area contributed by atoms with Gasteiger partial charge >= 0.3 is 0 Å². The molecule has 2 nitrogen and oxygen atoms in total. The summed E-state index contributed by atoms with van der Waals surface area (Å²) < 4.78 is 5.75. The second kappa shape index (κ2) is 8.93. The van der Waals surface area contributed by atoms with Gasteiger partial charge in [-0.25, -0.2) is 0 Å². The first-order chi connectivity index (χ1) is 7.83. The highest BCUT2D eigenvalue weighted by atomic mass is 16.5. The Bertz CT molecular complexity index is 172. The van der Waals surface area contributed by atoms with Gasteiger partial charge in [0.25, 0.3) is 0 Å². The summed E-state index contributed by atoms with van der Waals surface area (Å²) in [6.45, 7) is 15.3. The maximum absolute atomic E-state index is 5.75. The molecule has 0 bridgehead atoms. The Balaban J connectivity index is 3.19. The normalized spacial score (nSPS) is 14.3. The maximum Gasteiger partial charge on any atom is 0.0569 e. The van der Waals surface area contributed by atoms with E-state index in [1.54, 1.807) is 0 Å². The number of nitrogens with one attached hydrogen (secondary N) is 1. The van der Waals surface area contributed by atoms with Gasteiger partial charge in [-0.15, -0.1) is 0 Å². The Morgan fingerprint density at radius 1 is 0.941 bits per heavy atom. The fourth-order valence-corrected chi connectivity index (χ4v) is 1.51. The molecule has 0 aromatic carbocycles. The number of unbranched alkanes of at least 4 members (excludes halogenated alkanes) is 3. The Kier molecular flexibility index (Phi) is 8.89. The van der Waals surface area contributed by atoms with Gasteiger partial charge in [-0.05, 0) is 53.0 Å². The van der Waals surface area contributed by atoms with Gasteiger partial charge in [0, 0.05) is 12.1 Å². The van der Waals surface area contributed by atoms with Gasteiger partial charge in [0.15, 0.2) is 0 Å². The number of hydrogen-bond acceptors (Lipinski definition) is 2. The van der Waals surface area contributed by atoms with Crippen molar-refractivity contribution in [2.24, 2.45) is 5.92 Å². The van der Waals surface area contributed by atoms with Crippen LogP contribution in [0.4, 0.5) is 0 Å². The minimum absolute atomic E-state index is 0.260. The SMILES string of the molecule is CC(C)C(C)OCCCCCCNC(C)(C)C. The van der Waals surface area contributed by atoms with Gasteiger partial charge in [0.05, 0.1) is 6.10 Å². The minimum atomic E-state index is 0.260. The summed E-state index contributed by atoms with van der Waals surface area (Å²) in [6, 6.07) is 0. The van der Waals surface area contributed by atoms with E-state index in [2.05, 4.69) is 46.9 Å². The number of rotatable bonds is 9. The second-order valence-corrected chi connectivity index (χ2v) is 6.41. The predicted octanol–water partition coefficient (Wildman–Crippen LogP) is 4.00. The highest BCUT2D eigenvalue weighted by molar-refractivity contribution is 4.69. The maximum atomic E-state index is 5.75. The van der Waals surface area contributed by atoms with Gasteiger partial charge < -0.3 is 10.1 Å². The molecule has 0 amide bonds. The van der Waals surface area contributed by atoms with Crippen LogP contribution >= 0.6 is 0 Å². The highest BCUT2D eigenvalue weighted by Gasteiger charge is 2.07. The summed E-state index contributed by atoms with van der Waals surface area (Å²) in [4.78, 5) is 0. The summed E-state index contributed by atoms with van der Waals surface area (Å²) in [5.74, 6) is 0.631. The van der Waals surface area contributed by atoms with Gasteiger partial charge in [-0.3, -0.25) is 0 Å². The quantitative estimate of drug-likeness (QED) is 0.618. The molecule has 104 valence electrons. The largest absolute Gasteiger partial charge is 0.378 e. The van der Waals surface area contributed by atoms with Crippen LogP contribution in [-0.2, 0) is 4.74 Å². The van der Waals surface area contributed by atoms with Gasteiger partial charge in [0.1, 0.15) is 0 Å². The Hall–Kier alpha value is -0.0800. The van der Waals surface area contributed by atoms with Gasteiger partial charge in [-0.1, -0.05) is 26.7 Å². The van der Waals surface area contributed by atoms with Crippen molar-refractivity contribution in [3.05, 3.63) is 0 Å². The summed E-state index contributed by atoms with van der Waals surface area (Å²) >= 11 is 0. The first-order valence-electron chi connectivity index (χ1n) is 7.19. The monoisotopic (exact) mass is 243 g/mol. The van der Waals surface area contributed by atoms with E-state index in [1.807, 2.05) is 0 Å². The molecule has 1 N–H and O–H groups in total. The van der Waals surface area contributed by atoms with E-state index in [1.165, 1.54) is 25.7 Å². The molecule has 1 atom stereocenters. The van der Waals surface area contributed by atoms with E-state index in [9.17, 15) is 0 Å². The average molecular weight is 243 g/mol. The summed E-state index contributed by atoms with van der Waals surface area (Å²) in [7, 11) is 0. The lowest BCUT2D eigenvalue weighted by atomic mass is 10.1. The summed E-state index contributed by atoms with van der Waals surface area (Å²) in [5, 5.41) is 3.51. The molecule has 17 heavy (non-hydrogen) atoms. The molecule has 0 aliphatic rings. The zero-order valence-corrected chi connectivity index (χ0v) is 12.8. The molecule has 0 aliphatic heterocycles. The van der Waals surface area contributed by atoms with Crippen molar-refractivity contribution in [3.8, 4) is 0 Å². The van der Waals surface area contributed by atoms with Crippen LogP contribution in [0.15, 0.2) is 0 Å². The average Bonchev–Trinajstić information content (AvgIpc) is 2.19. The topological polar surface area (TPSA) is 21.3 Å². The van der Waals surface area contributed by atoms with E-state index in [4.69, 9.17) is 4.74 Å². The predicted molar refractivity (Wildman–Crippen MR) is 76.5 cm³/mol. The lowest BCUT2D eigenvalue weighted by molar-refractivity contribution is 0.0331. The second-order valence-electron chi connectivity index (χ2n) is 6.41. The van der Waals surface area contributed by atoms with Crippen molar-refractivity contribution >= 4 is 0 Å². The molecule has 0 saturated heterocycles. The molecule has 0 aromatic heterocycles. The van der Waals surface area contributed by atoms with Crippen LogP contribution in [0.3, 0.4) is 0 Å². The third-order valence-electron chi connectivity index (χ3n) is 3.05. The Morgan fingerprint density at radius 2 is 1.53 bits per heavy atom. The smallest absolute Gasteiger partial charge is 0.0569 e. The van der Waals surface area contributed by atoms with Crippen LogP contribution < -0.4 is 5.32 Å². The lowest BCUT2D eigenvalue weighted by Crippen LogP contribution is -2.36. The van der Waals surface area contributed by atoms with Crippen molar-refractivity contribution in [3.63, 3.8) is 0 Å². The molecule has 0 spiro atoms. The van der Waals surface area contributed by atoms with Crippen LogP contribution in [0.25, 0.3) is 0 Å². The van der Waals surface area contributed by atoms with Crippen molar-refractivity contribution in [2.45, 2.75) is 78.9 Å². The fraction of sp³-hybridized carbons (Fsp3) is 1.00. The molecule has 0 saturated carbocycles. The third-order valence-corrected chi connectivity index (χ3v) is 3.05. The molecule has 0 aliphatic carbocycles. The number of hydrogen-bond donors (Lipinski definition) is 1. The molecule has 1 unspecified atom stereocenters. The fourth-order valence-electron chi connectivity index (χ4n) is 1.51. The Morgan fingerprint density at radius 3 is 2.06 bits per heavy atom. The van der Waals surface area contributed by atoms with Crippen molar-refractivity contribution < 1.29 is 4.74 Å². The molecule has 0 aromatic rings. The summed E-state index contributed by atoms with van der Waals surface area (Å²) in [5.41, 5.74) is 0.260. The third kappa shape index (κ3) is 12.2. The lowest BCUT2D eigenvalue weighted by Gasteiger charge is -2.20. The van der Waals surface area contributed by atoms with E-state index in [0.29, 0.717) is 12.0 Å². The molecule has 0 radical (unpaired) electrons. The van der Waals surface area contributed by atoms with Gasteiger partial charge in [0.2, 0.25) is 0 Å². The first kappa shape index (κ1) is 16.9. The highest BCUT2D eigenvalue weighted by Crippen LogP contribution is 2.07. The van der Waals surface area contributed by atoms with E-state index in [0.717, 1.165) is 13.2 Å². The molecule has 0 rings (SSSR count). The number of ether oxygens (including phenoxy) is 1. The zero-order valence-electron chi connectivity index (χ0n) is 12.8. The van der Waals surface area contributed by atoms with Gasteiger partial charge in [-0.2, -0.15) is 0 Å². The van der Waals surface area contributed by atoms with E-state index < -0.39 is 0 Å². The van der Waals surface area contributed by atoms with Crippen molar-refractivity contribution in [1.29, 1.82) is 0 Å². The van der Waals surface area contributed by atoms with Crippen LogP contribution in [0.2, 0.25) is 0 Å². The molecule has 0 fully saturated rings.